The second-order valence-electron chi connectivity index (χ2n) is 4.69. The van der Waals surface area contributed by atoms with Crippen molar-refractivity contribution in [1.29, 1.82) is 0 Å². The maximum absolute atomic E-state index is 12.0. The summed E-state index contributed by atoms with van der Waals surface area (Å²) in [6.07, 6.45) is 1.98. The van der Waals surface area contributed by atoms with Gasteiger partial charge >= 0.3 is 0 Å². The van der Waals surface area contributed by atoms with Crippen LogP contribution in [0.1, 0.15) is 37.0 Å². The average Bonchev–Trinajstić information content (AvgIpc) is 2.43. The largest absolute Gasteiger partial charge is 0.506 e. The lowest BCUT2D eigenvalue weighted by Gasteiger charge is -2.29. The van der Waals surface area contributed by atoms with E-state index in [1.54, 1.807) is 6.07 Å². The Kier molecular flexibility index (Phi) is 6.14. The molecule has 0 aliphatic heterocycles. The summed E-state index contributed by atoms with van der Waals surface area (Å²) < 4.78 is 0. The minimum absolute atomic E-state index is 0.0184. The van der Waals surface area contributed by atoms with E-state index in [1.807, 2.05) is 0 Å². The van der Waals surface area contributed by atoms with Gasteiger partial charge in [0.15, 0.2) is 0 Å². The standard InChI is InChI=1S/C14H19BrClNO2/c1-3-14(4-2,8-15)9-17-13(19)10-5-6-12(18)11(16)7-10/h5-7,18H,3-4,8-9H2,1-2H3,(H,17,19). The summed E-state index contributed by atoms with van der Waals surface area (Å²) in [5.41, 5.74) is 0.537. The number of hydrogen-bond donors (Lipinski definition) is 2. The molecule has 106 valence electrons. The highest BCUT2D eigenvalue weighted by Gasteiger charge is 2.25. The highest BCUT2D eigenvalue weighted by molar-refractivity contribution is 9.09. The van der Waals surface area contributed by atoms with Crippen LogP contribution in [-0.2, 0) is 0 Å². The van der Waals surface area contributed by atoms with Crippen molar-refractivity contribution in [3.05, 3.63) is 28.8 Å². The second-order valence-corrected chi connectivity index (χ2v) is 5.66. The zero-order valence-electron chi connectivity index (χ0n) is 11.2. The van der Waals surface area contributed by atoms with E-state index in [1.165, 1.54) is 12.1 Å². The summed E-state index contributed by atoms with van der Waals surface area (Å²) in [7, 11) is 0. The van der Waals surface area contributed by atoms with Crippen molar-refractivity contribution in [3.63, 3.8) is 0 Å². The molecule has 0 unspecified atom stereocenters. The van der Waals surface area contributed by atoms with Crippen LogP contribution in [0.3, 0.4) is 0 Å². The van der Waals surface area contributed by atoms with Crippen LogP contribution in [0.15, 0.2) is 18.2 Å². The smallest absolute Gasteiger partial charge is 0.251 e. The Bertz CT molecular complexity index is 439. The van der Waals surface area contributed by atoms with Crippen molar-refractivity contribution < 1.29 is 9.90 Å². The van der Waals surface area contributed by atoms with Crippen LogP contribution in [0.5, 0.6) is 5.75 Å². The molecule has 0 aromatic heterocycles. The Labute approximate surface area is 127 Å². The Morgan fingerprint density at radius 1 is 1.42 bits per heavy atom. The van der Waals surface area contributed by atoms with Crippen LogP contribution in [-0.4, -0.2) is 22.9 Å². The molecule has 0 aliphatic rings. The Morgan fingerprint density at radius 2 is 2.05 bits per heavy atom. The number of amides is 1. The lowest BCUT2D eigenvalue weighted by atomic mass is 9.84. The van der Waals surface area contributed by atoms with E-state index in [-0.39, 0.29) is 22.1 Å². The number of halogens is 2. The molecule has 1 aromatic carbocycles. The Morgan fingerprint density at radius 3 is 2.53 bits per heavy atom. The third kappa shape index (κ3) is 4.11. The summed E-state index contributed by atoms with van der Waals surface area (Å²) in [6.45, 7) is 4.85. The molecule has 2 N–H and O–H groups in total. The van der Waals surface area contributed by atoms with Crippen molar-refractivity contribution in [1.82, 2.24) is 5.32 Å². The zero-order valence-corrected chi connectivity index (χ0v) is 13.5. The molecule has 3 nitrogen and oxygen atoms in total. The number of nitrogens with one attached hydrogen (secondary N) is 1. The minimum atomic E-state index is -0.172. The first-order chi connectivity index (χ1) is 8.98. The van der Waals surface area contributed by atoms with Gasteiger partial charge in [-0.15, -0.1) is 0 Å². The maximum atomic E-state index is 12.0. The molecule has 0 fully saturated rings. The number of phenolic OH excluding ortho intramolecular Hbond substituents is 1. The van der Waals surface area contributed by atoms with Gasteiger partial charge in [0.2, 0.25) is 0 Å². The van der Waals surface area contributed by atoms with Crippen LogP contribution in [0, 0.1) is 5.41 Å². The van der Waals surface area contributed by atoms with Gasteiger partial charge in [0.1, 0.15) is 5.75 Å². The fourth-order valence-corrected chi connectivity index (χ4v) is 2.93. The van der Waals surface area contributed by atoms with Gasteiger partial charge in [0.05, 0.1) is 5.02 Å². The molecule has 1 rings (SSSR count). The van der Waals surface area contributed by atoms with Crippen LogP contribution < -0.4 is 5.32 Å². The van der Waals surface area contributed by atoms with E-state index in [2.05, 4.69) is 35.1 Å². The summed E-state index contributed by atoms with van der Waals surface area (Å²) in [5.74, 6) is -0.190. The van der Waals surface area contributed by atoms with Gasteiger partial charge < -0.3 is 10.4 Å². The number of phenols is 1. The molecular formula is C14H19BrClNO2. The molecule has 0 aliphatic carbocycles. The highest BCUT2D eigenvalue weighted by Crippen LogP contribution is 2.28. The lowest BCUT2D eigenvalue weighted by Crippen LogP contribution is -2.38. The molecule has 0 saturated carbocycles. The molecule has 0 bridgehead atoms. The van der Waals surface area contributed by atoms with Crippen molar-refractivity contribution in [3.8, 4) is 5.75 Å². The van der Waals surface area contributed by atoms with Gasteiger partial charge in [0.25, 0.3) is 5.91 Å². The first kappa shape index (κ1) is 16.3. The number of hydrogen-bond acceptors (Lipinski definition) is 2. The molecular weight excluding hydrogens is 330 g/mol. The second kappa shape index (κ2) is 7.15. The molecule has 1 aromatic rings. The first-order valence-electron chi connectivity index (χ1n) is 6.30. The molecule has 0 heterocycles. The molecule has 0 radical (unpaired) electrons. The number of rotatable bonds is 6. The van der Waals surface area contributed by atoms with E-state index < -0.39 is 0 Å². The van der Waals surface area contributed by atoms with Crippen molar-refractivity contribution in [2.75, 3.05) is 11.9 Å². The molecule has 19 heavy (non-hydrogen) atoms. The van der Waals surface area contributed by atoms with Crippen LogP contribution in [0.4, 0.5) is 0 Å². The summed E-state index contributed by atoms with van der Waals surface area (Å²) in [4.78, 5) is 12.0. The summed E-state index contributed by atoms with van der Waals surface area (Å²) >= 11 is 9.31. The summed E-state index contributed by atoms with van der Waals surface area (Å²) in [5, 5.41) is 13.3. The van der Waals surface area contributed by atoms with Gasteiger partial charge in [-0.1, -0.05) is 41.4 Å². The van der Waals surface area contributed by atoms with Crippen LogP contribution >= 0.6 is 27.5 Å². The molecule has 0 atom stereocenters. The van der Waals surface area contributed by atoms with Crippen molar-refractivity contribution in [2.45, 2.75) is 26.7 Å². The summed E-state index contributed by atoms with van der Waals surface area (Å²) in [6, 6.07) is 4.46. The van der Waals surface area contributed by atoms with Gasteiger partial charge in [-0.05, 0) is 36.5 Å². The van der Waals surface area contributed by atoms with Gasteiger partial charge in [0, 0.05) is 17.4 Å². The molecule has 5 heteroatoms. The third-order valence-corrected chi connectivity index (χ3v) is 5.11. The molecule has 1 amide bonds. The van der Waals surface area contributed by atoms with E-state index in [4.69, 9.17) is 11.6 Å². The van der Waals surface area contributed by atoms with Gasteiger partial charge in [-0.25, -0.2) is 0 Å². The van der Waals surface area contributed by atoms with E-state index in [9.17, 15) is 9.90 Å². The highest BCUT2D eigenvalue weighted by atomic mass is 79.9. The van der Waals surface area contributed by atoms with Gasteiger partial charge in [-0.2, -0.15) is 0 Å². The fraction of sp³-hybridized carbons (Fsp3) is 0.500. The number of alkyl halides is 1. The fourth-order valence-electron chi connectivity index (χ4n) is 1.75. The van der Waals surface area contributed by atoms with E-state index in [0.29, 0.717) is 12.1 Å². The number of carbonyl (C=O) groups is 1. The first-order valence-corrected chi connectivity index (χ1v) is 7.80. The molecule has 0 spiro atoms. The van der Waals surface area contributed by atoms with Crippen molar-refractivity contribution in [2.24, 2.45) is 5.41 Å². The van der Waals surface area contributed by atoms with Crippen LogP contribution in [0.2, 0.25) is 5.02 Å². The topological polar surface area (TPSA) is 49.3 Å². The predicted octanol–water partition coefficient (Wildman–Crippen LogP) is 3.98. The third-order valence-electron chi connectivity index (χ3n) is 3.62. The maximum Gasteiger partial charge on any atom is 0.251 e. The minimum Gasteiger partial charge on any atom is -0.506 e. The van der Waals surface area contributed by atoms with E-state index in [0.717, 1.165) is 18.2 Å². The van der Waals surface area contributed by atoms with E-state index >= 15 is 0 Å². The normalized spacial score (nSPS) is 11.4. The quantitative estimate of drug-likeness (QED) is 0.764. The van der Waals surface area contributed by atoms with Crippen LogP contribution in [0.25, 0.3) is 0 Å². The average molecular weight is 349 g/mol. The number of aromatic hydroxyl groups is 1. The predicted molar refractivity (Wildman–Crippen MR) is 82.3 cm³/mol. The Hall–Kier alpha value is -0.740. The van der Waals surface area contributed by atoms with Crippen molar-refractivity contribution >= 4 is 33.4 Å². The van der Waals surface area contributed by atoms with Gasteiger partial charge in [-0.3, -0.25) is 4.79 Å². The SMILES string of the molecule is CCC(CC)(CBr)CNC(=O)c1ccc(O)c(Cl)c1. The number of benzene rings is 1. The Balaban J connectivity index is 2.72. The number of carbonyl (C=O) groups excluding carboxylic acids is 1. The molecule has 0 saturated heterocycles. The lowest BCUT2D eigenvalue weighted by molar-refractivity contribution is 0.0932. The zero-order chi connectivity index (χ0) is 14.5. The monoisotopic (exact) mass is 347 g/mol.